The molecule has 5 heteroatoms. The number of amides is 1. The Kier molecular flexibility index (Phi) is 3.10. The molecular weight excluding hydrogens is 264 g/mol. The van der Waals surface area contributed by atoms with Gasteiger partial charge in [-0.05, 0) is 49.2 Å². The quantitative estimate of drug-likeness (QED) is 0.631. The van der Waals surface area contributed by atoms with E-state index in [1.807, 2.05) is 38.1 Å². The first-order valence-corrected chi connectivity index (χ1v) is 6.67. The zero-order valence-electron chi connectivity index (χ0n) is 11.9. The van der Waals surface area contributed by atoms with Crippen molar-refractivity contribution in [3.63, 3.8) is 0 Å². The summed E-state index contributed by atoms with van der Waals surface area (Å²) in [5.41, 5.74) is 10.4. The Balaban J connectivity index is 1.97. The second-order valence-corrected chi connectivity index (χ2v) is 5.15. The summed E-state index contributed by atoms with van der Waals surface area (Å²) in [4.78, 5) is 12.4. The zero-order chi connectivity index (χ0) is 15.0. The number of nitrogen functional groups attached to an aromatic ring is 1. The van der Waals surface area contributed by atoms with E-state index in [0.29, 0.717) is 11.4 Å². The Morgan fingerprint density at radius 3 is 2.81 bits per heavy atom. The van der Waals surface area contributed by atoms with Gasteiger partial charge in [-0.25, -0.2) is 0 Å². The molecule has 21 heavy (non-hydrogen) atoms. The summed E-state index contributed by atoms with van der Waals surface area (Å²) in [6.45, 7) is 3.94. The molecule has 0 unspecified atom stereocenters. The van der Waals surface area contributed by atoms with Crippen LogP contribution in [0.4, 0.5) is 11.4 Å². The minimum absolute atomic E-state index is 0.249. The van der Waals surface area contributed by atoms with Crippen molar-refractivity contribution in [1.82, 2.24) is 10.2 Å². The molecule has 0 fully saturated rings. The van der Waals surface area contributed by atoms with Gasteiger partial charge in [-0.3, -0.25) is 9.89 Å². The lowest BCUT2D eigenvalue weighted by Crippen LogP contribution is -2.13. The van der Waals surface area contributed by atoms with Crippen LogP contribution < -0.4 is 11.1 Å². The third-order valence-corrected chi connectivity index (χ3v) is 3.44. The molecule has 2 aromatic carbocycles. The summed E-state index contributed by atoms with van der Waals surface area (Å²) in [6.07, 6.45) is 0. The molecule has 0 atom stereocenters. The van der Waals surface area contributed by atoms with Gasteiger partial charge in [0.05, 0.1) is 5.52 Å². The van der Waals surface area contributed by atoms with Crippen LogP contribution in [0.5, 0.6) is 0 Å². The average molecular weight is 280 g/mol. The molecule has 1 aromatic heterocycles. The summed E-state index contributed by atoms with van der Waals surface area (Å²) in [6, 6.07) is 11.3. The number of aryl methyl sites for hydroxylation is 2. The first-order chi connectivity index (χ1) is 10.0. The van der Waals surface area contributed by atoms with Gasteiger partial charge >= 0.3 is 0 Å². The van der Waals surface area contributed by atoms with Crippen LogP contribution in [0.1, 0.15) is 21.6 Å². The van der Waals surface area contributed by atoms with Crippen LogP contribution in [-0.2, 0) is 0 Å². The van der Waals surface area contributed by atoms with Crippen molar-refractivity contribution in [2.24, 2.45) is 0 Å². The van der Waals surface area contributed by atoms with Crippen molar-refractivity contribution in [3.8, 4) is 0 Å². The Morgan fingerprint density at radius 1 is 1.19 bits per heavy atom. The van der Waals surface area contributed by atoms with Gasteiger partial charge in [0.15, 0.2) is 5.69 Å². The van der Waals surface area contributed by atoms with Crippen LogP contribution in [0.15, 0.2) is 36.4 Å². The number of aromatic nitrogens is 2. The van der Waals surface area contributed by atoms with Gasteiger partial charge in [-0.1, -0.05) is 12.1 Å². The van der Waals surface area contributed by atoms with Crippen molar-refractivity contribution in [2.75, 3.05) is 11.1 Å². The van der Waals surface area contributed by atoms with Gasteiger partial charge in [-0.15, -0.1) is 0 Å². The fourth-order valence-corrected chi connectivity index (χ4v) is 2.26. The second kappa shape index (κ2) is 4.94. The standard InChI is InChI=1S/C16H16N4O/c1-9-3-4-10(2)14(7-9)18-16(21)15-12-8-11(17)5-6-13(12)19-20-15/h3-8H,17H2,1-2H3,(H,18,21)(H,19,20). The van der Waals surface area contributed by atoms with Crippen molar-refractivity contribution in [2.45, 2.75) is 13.8 Å². The maximum atomic E-state index is 12.4. The predicted molar refractivity (Wildman–Crippen MR) is 84.4 cm³/mol. The maximum absolute atomic E-state index is 12.4. The number of rotatable bonds is 2. The number of benzene rings is 2. The Bertz CT molecular complexity index is 835. The van der Waals surface area contributed by atoms with E-state index in [1.165, 1.54) is 0 Å². The van der Waals surface area contributed by atoms with Crippen LogP contribution >= 0.6 is 0 Å². The Morgan fingerprint density at radius 2 is 2.00 bits per heavy atom. The third kappa shape index (κ3) is 2.45. The van der Waals surface area contributed by atoms with Crippen LogP contribution in [0, 0.1) is 13.8 Å². The number of nitrogens with two attached hydrogens (primary N) is 1. The normalized spacial score (nSPS) is 10.8. The summed E-state index contributed by atoms with van der Waals surface area (Å²) in [5, 5.41) is 10.6. The van der Waals surface area contributed by atoms with E-state index >= 15 is 0 Å². The number of hydrogen-bond donors (Lipinski definition) is 3. The molecule has 0 bridgehead atoms. The molecule has 1 heterocycles. The molecule has 5 nitrogen and oxygen atoms in total. The Hall–Kier alpha value is -2.82. The van der Waals surface area contributed by atoms with Crippen LogP contribution in [0.25, 0.3) is 10.9 Å². The van der Waals surface area contributed by atoms with Crippen molar-refractivity contribution in [3.05, 3.63) is 53.2 Å². The van der Waals surface area contributed by atoms with E-state index < -0.39 is 0 Å². The molecule has 0 aliphatic heterocycles. The van der Waals surface area contributed by atoms with Gasteiger partial charge in [0.25, 0.3) is 5.91 Å². The molecule has 1 amide bonds. The number of nitrogens with one attached hydrogen (secondary N) is 2. The molecule has 0 spiro atoms. The largest absolute Gasteiger partial charge is 0.399 e. The lowest BCUT2D eigenvalue weighted by molar-refractivity contribution is 0.102. The predicted octanol–water partition coefficient (Wildman–Crippen LogP) is 3.01. The monoisotopic (exact) mass is 280 g/mol. The highest BCUT2D eigenvalue weighted by molar-refractivity contribution is 6.11. The van der Waals surface area contributed by atoms with Gasteiger partial charge < -0.3 is 11.1 Å². The minimum Gasteiger partial charge on any atom is -0.399 e. The van der Waals surface area contributed by atoms with E-state index in [0.717, 1.165) is 27.7 Å². The summed E-state index contributed by atoms with van der Waals surface area (Å²) < 4.78 is 0. The fourth-order valence-electron chi connectivity index (χ4n) is 2.26. The van der Waals surface area contributed by atoms with Crippen molar-refractivity contribution < 1.29 is 4.79 Å². The number of carbonyl (C=O) groups excluding carboxylic acids is 1. The number of carbonyl (C=O) groups is 1. The van der Waals surface area contributed by atoms with E-state index in [1.54, 1.807) is 12.1 Å². The summed E-state index contributed by atoms with van der Waals surface area (Å²) in [7, 11) is 0. The highest BCUT2D eigenvalue weighted by Crippen LogP contribution is 2.21. The number of hydrogen-bond acceptors (Lipinski definition) is 3. The van der Waals surface area contributed by atoms with Gasteiger partial charge in [0, 0.05) is 16.8 Å². The molecule has 106 valence electrons. The molecule has 0 saturated heterocycles. The molecule has 0 aliphatic carbocycles. The SMILES string of the molecule is Cc1ccc(C)c(NC(=O)c2n[nH]c3ccc(N)cc23)c1. The van der Waals surface area contributed by atoms with Gasteiger partial charge in [0.2, 0.25) is 0 Å². The topological polar surface area (TPSA) is 83.8 Å². The first kappa shape index (κ1) is 13.2. The van der Waals surface area contributed by atoms with Gasteiger partial charge in [-0.2, -0.15) is 5.10 Å². The van der Waals surface area contributed by atoms with Crippen LogP contribution in [0.2, 0.25) is 0 Å². The summed E-state index contributed by atoms with van der Waals surface area (Å²) in [5.74, 6) is -0.249. The third-order valence-electron chi connectivity index (χ3n) is 3.44. The van der Waals surface area contributed by atoms with E-state index in [4.69, 9.17) is 5.73 Å². The number of nitrogens with zero attached hydrogens (tertiary/aromatic N) is 1. The van der Waals surface area contributed by atoms with Crippen molar-refractivity contribution in [1.29, 1.82) is 0 Å². The van der Waals surface area contributed by atoms with Crippen LogP contribution in [0.3, 0.4) is 0 Å². The molecule has 4 N–H and O–H groups in total. The zero-order valence-corrected chi connectivity index (χ0v) is 11.9. The number of anilines is 2. The maximum Gasteiger partial charge on any atom is 0.276 e. The minimum atomic E-state index is -0.249. The molecule has 3 rings (SSSR count). The molecule has 3 aromatic rings. The Labute approximate surface area is 122 Å². The number of H-pyrrole nitrogens is 1. The lowest BCUT2D eigenvalue weighted by atomic mass is 10.1. The number of aromatic amines is 1. The smallest absolute Gasteiger partial charge is 0.276 e. The fraction of sp³-hybridized carbons (Fsp3) is 0.125. The molecule has 0 saturated carbocycles. The first-order valence-electron chi connectivity index (χ1n) is 6.67. The number of fused-ring (bicyclic) bond motifs is 1. The highest BCUT2D eigenvalue weighted by atomic mass is 16.1. The van der Waals surface area contributed by atoms with Gasteiger partial charge in [0.1, 0.15) is 0 Å². The summed E-state index contributed by atoms with van der Waals surface area (Å²) >= 11 is 0. The van der Waals surface area contributed by atoms with Crippen molar-refractivity contribution >= 4 is 28.2 Å². The highest BCUT2D eigenvalue weighted by Gasteiger charge is 2.15. The van der Waals surface area contributed by atoms with E-state index in [9.17, 15) is 4.79 Å². The average Bonchev–Trinajstić information content (AvgIpc) is 2.85. The molecular formula is C16H16N4O. The second-order valence-electron chi connectivity index (χ2n) is 5.15. The van der Waals surface area contributed by atoms with E-state index in [2.05, 4.69) is 15.5 Å². The van der Waals surface area contributed by atoms with Crippen LogP contribution in [-0.4, -0.2) is 16.1 Å². The van der Waals surface area contributed by atoms with E-state index in [-0.39, 0.29) is 5.91 Å². The molecule has 0 radical (unpaired) electrons. The molecule has 0 aliphatic rings. The lowest BCUT2D eigenvalue weighted by Gasteiger charge is -2.08.